The molecule has 1 aromatic carbocycles. The number of hydrogen-bond donors (Lipinski definition) is 1. The van der Waals surface area contributed by atoms with Crippen molar-refractivity contribution in [1.82, 2.24) is 14.9 Å². The van der Waals surface area contributed by atoms with E-state index in [1.54, 1.807) is 13.3 Å². The highest BCUT2D eigenvalue weighted by atomic mass is 16.5. The van der Waals surface area contributed by atoms with Crippen molar-refractivity contribution in [2.45, 2.75) is 6.54 Å². The van der Waals surface area contributed by atoms with E-state index in [0.717, 1.165) is 33.2 Å². The Labute approximate surface area is 127 Å². The summed E-state index contributed by atoms with van der Waals surface area (Å²) in [5.74, 6) is 0.579. The first-order chi connectivity index (χ1) is 10.7. The molecule has 2 aromatic heterocycles. The molecule has 22 heavy (non-hydrogen) atoms. The second kappa shape index (κ2) is 4.59. The summed E-state index contributed by atoms with van der Waals surface area (Å²) in [5.41, 5.74) is 4.93. The van der Waals surface area contributed by atoms with Crippen molar-refractivity contribution in [1.29, 1.82) is 0 Å². The van der Waals surface area contributed by atoms with Crippen molar-refractivity contribution in [3.63, 3.8) is 0 Å². The van der Waals surface area contributed by atoms with E-state index in [2.05, 4.69) is 22.6 Å². The van der Waals surface area contributed by atoms with Gasteiger partial charge in [-0.2, -0.15) is 0 Å². The zero-order valence-electron chi connectivity index (χ0n) is 12.4. The van der Waals surface area contributed by atoms with E-state index in [-0.39, 0.29) is 5.91 Å². The van der Waals surface area contributed by atoms with Gasteiger partial charge in [0.1, 0.15) is 0 Å². The number of hydrogen-bond acceptors (Lipinski definition) is 3. The summed E-state index contributed by atoms with van der Waals surface area (Å²) in [6.07, 6.45) is 3.86. The molecule has 4 rings (SSSR count). The number of nitrogens with zero attached hydrogens (tertiary/aromatic N) is 2. The number of pyridine rings is 1. The van der Waals surface area contributed by atoms with E-state index < -0.39 is 0 Å². The van der Waals surface area contributed by atoms with E-state index in [1.165, 1.54) is 0 Å². The van der Waals surface area contributed by atoms with Crippen LogP contribution in [-0.2, 0) is 13.6 Å². The van der Waals surface area contributed by atoms with Crippen LogP contribution in [0.15, 0.2) is 36.7 Å². The largest absolute Gasteiger partial charge is 0.481 e. The van der Waals surface area contributed by atoms with Gasteiger partial charge >= 0.3 is 0 Å². The molecule has 1 aliphatic heterocycles. The lowest BCUT2D eigenvalue weighted by atomic mass is 10.0. The fourth-order valence-corrected chi connectivity index (χ4v) is 2.98. The van der Waals surface area contributed by atoms with Crippen LogP contribution in [0.2, 0.25) is 0 Å². The molecule has 0 bridgehead atoms. The lowest BCUT2D eigenvalue weighted by Gasteiger charge is -2.03. The summed E-state index contributed by atoms with van der Waals surface area (Å²) in [6, 6.07) is 7.96. The number of carbonyl (C=O) groups excluding carboxylic acids is 1. The standard InChI is InChI=1S/C17H15N3O2/c1-20-9-14(13-6-16(22-2)18-8-15(13)20)10-3-4-11-7-19-17(21)12(11)5-10/h3-6,8-9H,7H2,1-2H3,(H,19,21). The average Bonchev–Trinajstić information content (AvgIpc) is 3.08. The Hall–Kier alpha value is -2.82. The van der Waals surface area contributed by atoms with Crippen LogP contribution in [0.25, 0.3) is 22.0 Å². The molecule has 1 aliphatic rings. The molecular weight excluding hydrogens is 278 g/mol. The van der Waals surface area contributed by atoms with Crippen LogP contribution in [0.3, 0.4) is 0 Å². The Balaban J connectivity index is 1.94. The van der Waals surface area contributed by atoms with Gasteiger partial charge in [-0.05, 0) is 17.2 Å². The Morgan fingerprint density at radius 2 is 2.14 bits per heavy atom. The molecule has 0 saturated carbocycles. The number of fused-ring (bicyclic) bond motifs is 2. The zero-order chi connectivity index (χ0) is 15.3. The predicted octanol–water partition coefficient (Wildman–Crippen LogP) is 2.49. The van der Waals surface area contributed by atoms with Crippen LogP contribution >= 0.6 is 0 Å². The van der Waals surface area contributed by atoms with Crippen molar-refractivity contribution < 1.29 is 9.53 Å². The van der Waals surface area contributed by atoms with Crippen LogP contribution < -0.4 is 10.1 Å². The molecule has 0 atom stereocenters. The first-order valence-electron chi connectivity index (χ1n) is 7.08. The van der Waals surface area contributed by atoms with Crippen LogP contribution in [-0.4, -0.2) is 22.6 Å². The molecule has 3 aromatic rings. The minimum absolute atomic E-state index is 0.00339. The highest BCUT2D eigenvalue weighted by molar-refractivity contribution is 6.02. The Morgan fingerprint density at radius 3 is 2.95 bits per heavy atom. The van der Waals surface area contributed by atoms with Gasteiger partial charge in [-0.15, -0.1) is 0 Å². The Morgan fingerprint density at radius 1 is 1.27 bits per heavy atom. The first kappa shape index (κ1) is 12.9. The third-order valence-electron chi connectivity index (χ3n) is 4.16. The zero-order valence-corrected chi connectivity index (χ0v) is 12.4. The van der Waals surface area contributed by atoms with Gasteiger partial charge in [0.15, 0.2) is 0 Å². The molecule has 0 aliphatic carbocycles. The number of aromatic nitrogens is 2. The molecule has 3 heterocycles. The maximum Gasteiger partial charge on any atom is 0.251 e. The fraction of sp³-hybridized carbons (Fsp3) is 0.176. The summed E-state index contributed by atoms with van der Waals surface area (Å²) in [6.45, 7) is 0.613. The summed E-state index contributed by atoms with van der Waals surface area (Å²) < 4.78 is 7.26. The van der Waals surface area contributed by atoms with Gasteiger partial charge in [-0.25, -0.2) is 4.98 Å². The summed E-state index contributed by atoms with van der Waals surface area (Å²) in [5, 5.41) is 3.91. The third-order valence-corrected chi connectivity index (χ3v) is 4.16. The quantitative estimate of drug-likeness (QED) is 0.790. The van der Waals surface area contributed by atoms with E-state index in [1.807, 2.05) is 29.8 Å². The Bertz CT molecular complexity index is 912. The van der Waals surface area contributed by atoms with Gasteiger partial charge < -0.3 is 14.6 Å². The van der Waals surface area contributed by atoms with E-state index >= 15 is 0 Å². The molecule has 1 amide bonds. The molecule has 0 spiro atoms. The molecule has 110 valence electrons. The van der Waals surface area contributed by atoms with E-state index in [9.17, 15) is 4.79 Å². The van der Waals surface area contributed by atoms with Gasteiger partial charge in [0.25, 0.3) is 5.91 Å². The molecule has 0 fully saturated rings. The highest BCUT2D eigenvalue weighted by Gasteiger charge is 2.20. The topological polar surface area (TPSA) is 56.1 Å². The second-order valence-electron chi connectivity index (χ2n) is 5.45. The minimum atomic E-state index is -0.00339. The van der Waals surface area contributed by atoms with Gasteiger partial charge in [0, 0.05) is 42.4 Å². The minimum Gasteiger partial charge on any atom is -0.481 e. The number of methoxy groups -OCH3 is 1. The van der Waals surface area contributed by atoms with Crippen LogP contribution in [0.4, 0.5) is 0 Å². The number of benzene rings is 1. The first-order valence-corrected chi connectivity index (χ1v) is 7.08. The number of nitrogens with one attached hydrogen (secondary N) is 1. The maximum atomic E-state index is 11.9. The molecule has 0 saturated heterocycles. The maximum absolute atomic E-state index is 11.9. The molecule has 0 unspecified atom stereocenters. The molecule has 1 N–H and O–H groups in total. The van der Waals surface area contributed by atoms with Gasteiger partial charge in [-0.3, -0.25) is 4.79 Å². The number of carbonyl (C=O) groups is 1. The van der Waals surface area contributed by atoms with Gasteiger partial charge in [-0.1, -0.05) is 12.1 Å². The smallest absolute Gasteiger partial charge is 0.251 e. The summed E-state index contributed by atoms with van der Waals surface area (Å²) >= 11 is 0. The average molecular weight is 293 g/mol. The lowest BCUT2D eigenvalue weighted by Crippen LogP contribution is -2.12. The van der Waals surface area contributed by atoms with Gasteiger partial charge in [0.05, 0.1) is 18.8 Å². The lowest BCUT2D eigenvalue weighted by molar-refractivity contribution is 0.0966. The van der Waals surface area contributed by atoms with Crippen LogP contribution in [0.5, 0.6) is 5.88 Å². The van der Waals surface area contributed by atoms with Crippen molar-refractivity contribution in [3.8, 4) is 17.0 Å². The number of amides is 1. The number of aryl methyl sites for hydroxylation is 1. The third kappa shape index (κ3) is 1.79. The Kier molecular flexibility index (Phi) is 2.69. The number of ether oxygens (including phenoxy) is 1. The molecular formula is C17H15N3O2. The fourth-order valence-electron chi connectivity index (χ4n) is 2.98. The predicted molar refractivity (Wildman–Crippen MR) is 83.9 cm³/mol. The monoisotopic (exact) mass is 293 g/mol. The highest BCUT2D eigenvalue weighted by Crippen LogP contribution is 2.33. The van der Waals surface area contributed by atoms with Crippen LogP contribution in [0, 0.1) is 0 Å². The normalized spacial score (nSPS) is 13.3. The second-order valence-corrected chi connectivity index (χ2v) is 5.45. The number of rotatable bonds is 2. The SMILES string of the molecule is COc1cc2c(-c3ccc4c(c3)C(=O)NC4)cn(C)c2cn1. The summed E-state index contributed by atoms with van der Waals surface area (Å²) in [7, 11) is 3.59. The van der Waals surface area contributed by atoms with Crippen molar-refractivity contribution >= 4 is 16.8 Å². The van der Waals surface area contributed by atoms with Crippen molar-refractivity contribution in [2.24, 2.45) is 7.05 Å². The van der Waals surface area contributed by atoms with Gasteiger partial charge in [0.2, 0.25) is 5.88 Å². The van der Waals surface area contributed by atoms with Crippen LogP contribution in [0.1, 0.15) is 15.9 Å². The van der Waals surface area contributed by atoms with E-state index in [0.29, 0.717) is 12.4 Å². The molecule has 5 heteroatoms. The molecule has 0 radical (unpaired) electrons. The summed E-state index contributed by atoms with van der Waals surface area (Å²) in [4.78, 5) is 16.1. The van der Waals surface area contributed by atoms with E-state index in [4.69, 9.17) is 4.74 Å². The van der Waals surface area contributed by atoms with Crippen molar-refractivity contribution in [3.05, 3.63) is 47.8 Å². The molecule has 5 nitrogen and oxygen atoms in total. The van der Waals surface area contributed by atoms with Crippen molar-refractivity contribution in [2.75, 3.05) is 7.11 Å².